The normalized spacial score (nSPS) is 13.0. The largest absolute Gasteiger partial charge is 0.399 e. The summed E-state index contributed by atoms with van der Waals surface area (Å²) in [6.45, 7) is 3.13. The van der Waals surface area contributed by atoms with Gasteiger partial charge in [-0.15, -0.1) is 6.42 Å². The van der Waals surface area contributed by atoms with Gasteiger partial charge < -0.3 is 5.73 Å². The Morgan fingerprint density at radius 3 is 2.67 bits per heavy atom. The SMILES string of the molecule is C#CC(CC)NS(=O)(=O)c1cc(N)cc(F)c1C. The molecule has 1 rings (SSSR count). The maximum Gasteiger partial charge on any atom is 0.242 e. The van der Waals surface area contributed by atoms with E-state index in [9.17, 15) is 12.8 Å². The quantitative estimate of drug-likeness (QED) is 0.642. The molecule has 1 aromatic rings. The highest BCUT2D eigenvalue weighted by Crippen LogP contribution is 2.22. The highest BCUT2D eigenvalue weighted by atomic mass is 32.2. The van der Waals surface area contributed by atoms with Crippen molar-refractivity contribution in [3.63, 3.8) is 0 Å². The number of anilines is 1. The molecule has 0 aliphatic heterocycles. The smallest absolute Gasteiger partial charge is 0.242 e. The van der Waals surface area contributed by atoms with Gasteiger partial charge in [-0.1, -0.05) is 12.8 Å². The summed E-state index contributed by atoms with van der Waals surface area (Å²) >= 11 is 0. The third-order valence-corrected chi connectivity index (χ3v) is 4.11. The van der Waals surface area contributed by atoms with Crippen LogP contribution in [-0.4, -0.2) is 14.5 Å². The van der Waals surface area contributed by atoms with Gasteiger partial charge in [-0.25, -0.2) is 12.8 Å². The molecule has 1 atom stereocenters. The zero-order valence-corrected chi connectivity index (χ0v) is 11.0. The van der Waals surface area contributed by atoms with E-state index in [2.05, 4.69) is 10.6 Å². The van der Waals surface area contributed by atoms with Crippen molar-refractivity contribution in [2.24, 2.45) is 0 Å². The second-order valence-corrected chi connectivity index (χ2v) is 5.56. The van der Waals surface area contributed by atoms with E-state index in [1.807, 2.05) is 0 Å². The lowest BCUT2D eigenvalue weighted by atomic mass is 10.2. The van der Waals surface area contributed by atoms with Crippen molar-refractivity contribution >= 4 is 15.7 Å². The molecule has 98 valence electrons. The van der Waals surface area contributed by atoms with Gasteiger partial charge in [0.25, 0.3) is 0 Å². The van der Waals surface area contributed by atoms with E-state index in [0.29, 0.717) is 6.42 Å². The van der Waals surface area contributed by atoms with Crippen molar-refractivity contribution in [1.29, 1.82) is 0 Å². The van der Waals surface area contributed by atoms with E-state index in [-0.39, 0.29) is 16.1 Å². The Balaban J connectivity index is 3.26. The van der Waals surface area contributed by atoms with Crippen molar-refractivity contribution in [1.82, 2.24) is 4.72 Å². The molecule has 0 amide bonds. The first kappa shape index (κ1) is 14.5. The summed E-state index contributed by atoms with van der Waals surface area (Å²) in [5.74, 6) is 1.65. The minimum Gasteiger partial charge on any atom is -0.399 e. The van der Waals surface area contributed by atoms with Crippen LogP contribution in [-0.2, 0) is 10.0 Å². The molecule has 0 saturated carbocycles. The fraction of sp³-hybridized carbons (Fsp3) is 0.333. The second kappa shape index (κ2) is 5.38. The Bertz CT molecular complexity index is 591. The average molecular weight is 270 g/mol. The topological polar surface area (TPSA) is 72.2 Å². The molecule has 0 radical (unpaired) electrons. The summed E-state index contributed by atoms with van der Waals surface area (Å²) in [5, 5.41) is 0. The highest BCUT2D eigenvalue weighted by molar-refractivity contribution is 7.89. The molecule has 18 heavy (non-hydrogen) atoms. The Morgan fingerprint density at radius 2 is 2.17 bits per heavy atom. The van der Waals surface area contributed by atoms with Crippen LogP contribution in [0.2, 0.25) is 0 Å². The van der Waals surface area contributed by atoms with Crippen LogP contribution in [0.25, 0.3) is 0 Å². The number of terminal acetylenes is 1. The van der Waals surface area contributed by atoms with Gasteiger partial charge in [-0.3, -0.25) is 0 Å². The zero-order valence-electron chi connectivity index (χ0n) is 10.2. The Morgan fingerprint density at radius 1 is 1.56 bits per heavy atom. The maximum atomic E-state index is 13.5. The van der Waals surface area contributed by atoms with Crippen LogP contribution in [0.15, 0.2) is 17.0 Å². The molecule has 6 heteroatoms. The third-order valence-electron chi connectivity index (χ3n) is 2.52. The van der Waals surface area contributed by atoms with E-state index in [1.54, 1.807) is 6.92 Å². The predicted molar refractivity (Wildman–Crippen MR) is 68.8 cm³/mol. The molecule has 4 nitrogen and oxygen atoms in total. The van der Waals surface area contributed by atoms with Crippen molar-refractivity contribution < 1.29 is 12.8 Å². The minimum atomic E-state index is -3.87. The number of rotatable bonds is 4. The van der Waals surface area contributed by atoms with E-state index in [0.717, 1.165) is 6.07 Å². The van der Waals surface area contributed by atoms with Crippen LogP contribution >= 0.6 is 0 Å². The Hall–Kier alpha value is -1.58. The van der Waals surface area contributed by atoms with E-state index >= 15 is 0 Å². The van der Waals surface area contributed by atoms with E-state index < -0.39 is 21.9 Å². The number of nitrogens with one attached hydrogen (secondary N) is 1. The van der Waals surface area contributed by atoms with Gasteiger partial charge in [-0.05, 0) is 25.5 Å². The monoisotopic (exact) mass is 270 g/mol. The first-order chi connectivity index (χ1) is 8.31. The molecule has 0 bridgehead atoms. The van der Waals surface area contributed by atoms with Gasteiger partial charge in [0.05, 0.1) is 10.9 Å². The van der Waals surface area contributed by atoms with E-state index in [4.69, 9.17) is 12.2 Å². The predicted octanol–water partition coefficient (Wildman–Crippen LogP) is 1.41. The molecule has 0 aromatic heterocycles. The van der Waals surface area contributed by atoms with Gasteiger partial charge in [0, 0.05) is 11.3 Å². The summed E-state index contributed by atoms with van der Waals surface area (Å²) in [5.41, 5.74) is 5.51. The van der Waals surface area contributed by atoms with Gasteiger partial charge in [0.1, 0.15) is 5.82 Å². The standard InChI is InChI=1S/C12H15FN2O2S/c1-4-10(5-2)15-18(16,17)12-7-9(14)6-11(13)8(12)3/h1,6-7,10,15H,5,14H2,2-3H3. The fourth-order valence-electron chi connectivity index (χ4n) is 1.44. The van der Waals surface area contributed by atoms with Gasteiger partial charge in [0.15, 0.2) is 0 Å². The van der Waals surface area contributed by atoms with Crippen molar-refractivity contribution in [2.45, 2.75) is 31.2 Å². The van der Waals surface area contributed by atoms with E-state index in [1.165, 1.54) is 13.0 Å². The summed E-state index contributed by atoms with van der Waals surface area (Å²) in [6, 6.07) is 1.66. The van der Waals surface area contributed by atoms with Crippen molar-refractivity contribution in [3.05, 3.63) is 23.5 Å². The number of sulfonamides is 1. The highest BCUT2D eigenvalue weighted by Gasteiger charge is 2.22. The third kappa shape index (κ3) is 3.00. The molecular weight excluding hydrogens is 255 g/mol. The fourth-order valence-corrected chi connectivity index (χ4v) is 2.97. The molecule has 0 spiro atoms. The summed E-state index contributed by atoms with van der Waals surface area (Å²) in [6.07, 6.45) is 5.63. The van der Waals surface area contributed by atoms with Gasteiger partial charge >= 0.3 is 0 Å². The lowest BCUT2D eigenvalue weighted by Gasteiger charge is -2.14. The van der Waals surface area contributed by atoms with Crippen LogP contribution in [0.1, 0.15) is 18.9 Å². The Kier molecular flexibility index (Phi) is 4.33. The number of hydrogen-bond acceptors (Lipinski definition) is 3. The van der Waals surface area contributed by atoms with Gasteiger partial charge in [0.2, 0.25) is 10.0 Å². The van der Waals surface area contributed by atoms with Crippen LogP contribution in [0, 0.1) is 25.1 Å². The second-order valence-electron chi connectivity index (χ2n) is 3.87. The molecule has 0 heterocycles. The van der Waals surface area contributed by atoms with Crippen molar-refractivity contribution in [3.8, 4) is 12.3 Å². The van der Waals surface area contributed by atoms with Crippen LogP contribution in [0.5, 0.6) is 0 Å². The van der Waals surface area contributed by atoms with Crippen LogP contribution < -0.4 is 10.5 Å². The first-order valence-electron chi connectivity index (χ1n) is 5.36. The lowest BCUT2D eigenvalue weighted by molar-refractivity contribution is 0.565. The molecule has 1 unspecified atom stereocenters. The number of benzene rings is 1. The number of hydrogen-bond donors (Lipinski definition) is 2. The zero-order chi connectivity index (χ0) is 13.9. The van der Waals surface area contributed by atoms with Crippen molar-refractivity contribution in [2.75, 3.05) is 5.73 Å². The number of halogens is 1. The molecule has 0 aliphatic carbocycles. The molecule has 0 aliphatic rings. The number of nitrogen functional groups attached to an aromatic ring is 1. The minimum absolute atomic E-state index is 0.0172. The summed E-state index contributed by atoms with van der Waals surface area (Å²) < 4.78 is 39.9. The molecular formula is C12H15FN2O2S. The summed E-state index contributed by atoms with van der Waals surface area (Å²) in [4.78, 5) is -0.186. The molecule has 3 N–H and O–H groups in total. The van der Waals surface area contributed by atoms with Gasteiger partial charge in [-0.2, -0.15) is 4.72 Å². The lowest BCUT2D eigenvalue weighted by Crippen LogP contribution is -2.33. The van der Waals surface area contributed by atoms with Crippen LogP contribution in [0.3, 0.4) is 0 Å². The van der Waals surface area contributed by atoms with Crippen LogP contribution in [0.4, 0.5) is 10.1 Å². The number of nitrogens with two attached hydrogens (primary N) is 1. The molecule has 0 saturated heterocycles. The molecule has 1 aromatic carbocycles. The molecule has 0 fully saturated rings. The first-order valence-corrected chi connectivity index (χ1v) is 6.84. The maximum absolute atomic E-state index is 13.5. The average Bonchev–Trinajstić information content (AvgIpc) is 2.30. The summed E-state index contributed by atoms with van der Waals surface area (Å²) in [7, 11) is -3.87. The Labute approximate surface area is 106 Å².